The van der Waals surface area contributed by atoms with E-state index in [0.717, 1.165) is 22.8 Å². The second-order valence-corrected chi connectivity index (χ2v) is 7.48. The molecule has 2 atom stereocenters. The van der Waals surface area contributed by atoms with Gasteiger partial charge in [-0.3, -0.25) is 4.79 Å². The summed E-state index contributed by atoms with van der Waals surface area (Å²) < 4.78 is 17.2. The molecule has 1 aliphatic rings. The number of rotatable bonds is 6. The summed E-state index contributed by atoms with van der Waals surface area (Å²) in [4.78, 5) is 17.1. The van der Waals surface area contributed by atoms with E-state index in [4.69, 9.17) is 13.9 Å². The van der Waals surface area contributed by atoms with Crippen molar-refractivity contribution in [3.63, 3.8) is 0 Å². The quantitative estimate of drug-likeness (QED) is 0.683. The second kappa shape index (κ2) is 8.68. The van der Waals surface area contributed by atoms with E-state index in [-0.39, 0.29) is 18.1 Å². The maximum absolute atomic E-state index is 12.8. The van der Waals surface area contributed by atoms with Crippen molar-refractivity contribution in [3.05, 3.63) is 64.3 Å². The number of aromatic nitrogens is 1. The molecule has 1 aliphatic heterocycles. The summed E-state index contributed by atoms with van der Waals surface area (Å²) in [5.41, 5.74) is 4.14. The van der Waals surface area contributed by atoms with Gasteiger partial charge in [0.05, 0.1) is 30.5 Å². The minimum atomic E-state index is -0.199. The fourth-order valence-corrected chi connectivity index (χ4v) is 3.74. The van der Waals surface area contributed by atoms with Crippen LogP contribution in [0.25, 0.3) is 11.3 Å². The van der Waals surface area contributed by atoms with E-state index in [1.54, 1.807) is 11.6 Å². The smallest absolute Gasteiger partial charge is 0.251 e. The highest BCUT2D eigenvalue weighted by Gasteiger charge is 2.28. The third-order valence-electron chi connectivity index (χ3n) is 4.70. The number of nitrogens with zero attached hydrogens (tertiary/aromatic N) is 1. The van der Waals surface area contributed by atoms with Gasteiger partial charge in [0.15, 0.2) is 0 Å². The minimum Gasteiger partial charge on any atom is -0.461 e. The molecule has 3 aromatic rings. The van der Waals surface area contributed by atoms with Gasteiger partial charge in [0.1, 0.15) is 17.6 Å². The normalized spacial score (nSPS) is 19.5. The minimum absolute atomic E-state index is 0.102. The number of hydrogen-bond donors (Lipinski definition) is 1. The van der Waals surface area contributed by atoms with Gasteiger partial charge in [-0.05, 0) is 37.6 Å². The summed E-state index contributed by atoms with van der Waals surface area (Å²) in [6.07, 6.45) is 0.514. The molecule has 1 amide bonds. The average Bonchev–Trinajstić information content (AvgIpc) is 3.39. The number of benzene rings is 1. The van der Waals surface area contributed by atoms with Crippen LogP contribution in [0.1, 0.15) is 28.2 Å². The zero-order valence-corrected chi connectivity index (χ0v) is 16.4. The zero-order chi connectivity index (χ0) is 19.3. The van der Waals surface area contributed by atoms with Gasteiger partial charge >= 0.3 is 0 Å². The Morgan fingerprint density at radius 1 is 1.36 bits per heavy atom. The molecule has 0 unspecified atom stereocenters. The zero-order valence-electron chi connectivity index (χ0n) is 15.6. The van der Waals surface area contributed by atoms with Crippen LogP contribution in [0.5, 0.6) is 0 Å². The van der Waals surface area contributed by atoms with Crippen LogP contribution < -0.4 is 5.32 Å². The van der Waals surface area contributed by atoms with E-state index in [9.17, 15) is 4.79 Å². The summed E-state index contributed by atoms with van der Waals surface area (Å²) in [6.45, 7) is 3.38. The van der Waals surface area contributed by atoms with Crippen molar-refractivity contribution in [1.29, 1.82) is 0 Å². The molecule has 1 N–H and O–H groups in total. The van der Waals surface area contributed by atoms with E-state index in [2.05, 4.69) is 10.3 Å². The predicted molar refractivity (Wildman–Crippen MR) is 106 cm³/mol. The lowest BCUT2D eigenvalue weighted by Gasteiger charge is -2.32. The molecule has 4 rings (SSSR count). The summed E-state index contributed by atoms with van der Waals surface area (Å²) in [6, 6.07) is 11.2. The molecule has 1 fully saturated rings. The molecule has 0 saturated carbocycles. The Balaban J connectivity index is 1.42. The van der Waals surface area contributed by atoms with Crippen LogP contribution in [0.2, 0.25) is 0 Å². The van der Waals surface area contributed by atoms with Gasteiger partial charge in [0.25, 0.3) is 5.91 Å². The van der Waals surface area contributed by atoms with Crippen LogP contribution in [0.3, 0.4) is 0 Å². The number of nitrogens with one attached hydrogen (secondary N) is 1. The molecular formula is C21H22N2O4S. The van der Waals surface area contributed by atoms with Crippen LogP contribution in [0, 0.1) is 6.92 Å². The van der Waals surface area contributed by atoms with E-state index in [0.29, 0.717) is 31.8 Å². The second-order valence-electron chi connectivity index (χ2n) is 6.76. The van der Waals surface area contributed by atoms with Crippen molar-refractivity contribution in [2.24, 2.45) is 0 Å². The van der Waals surface area contributed by atoms with Crippen LogP contribution in [-0.4, -0.2) is 36.3 Å². The Bertz CT molecular complexity index is 922. The SMILES string of the molecule is Cc1ccc(-c2cccc(C(=O)N[C@@H]3CCOC[C@H]3OCc3cscn3)c2)o1. The van der Waals surface area contributed by atoms with Gasteiger partial charge < -0.3 is 19.2 Å². The number of carbonyl (C=O) groups is 1. The van der Waals surface area contributed by atoms with E-state index < -0.39 is 0 Å². The van der Waals surface area contributed by atoms with Crippen molar-refractivity contribution in [2.75, 3.05) is 13.2 Å². The maximum atomic E-state index is 12.8. The Labute approximate surface area is 167 Å². The monoisotopic (exact) mass is 398 g/mol. The largest absolute Gasteiger partial charge is 0.461 e. The number of aryl methyl sites for hydroxylation is 1. The average molecular weight is 398 g/mol. The standard InChI is InChI=1S/C21H22N2O4S/c1-14-5-6-19(27-14)15-3-2-4-16(9-15)21(24)23-18-7-8-25-11-20(18)26-10-17-12-28-13-22-17/h2-6,9,12-13,18,20H,7-8,10-11H2,1H3,(H,23,24)/t18-,20-/m1/s1. The topological polar surface area (TPSA) is 73.6 Å². The van der Waals surface area contributed by atoms with Gasteiger partial charge in [0, 0.05) is 23.1 Å². The Kier molecular flexibility index (Phi) is 5.85. The number of carbonyl (C=O) groups excluding carboxylic acids is 1. The fraction of sp³-hybridized carbons (Fsp3) is 0.333. The van der Waals surface area contributed by atoms with Crippen molar-refractivity contribution in [1.82, 2.24) is 10.3 Å². The van der Waals surface area contributed by atoms with Crippen molar-refractivity contribution < 1.29 is 18.7 Å². The van der Waals surface area contributed by atoms with Crippen molar-refractivity contribution in [2.45, 2.75) is 32.1 Å². The summed E-state index contributed by atoms with van der Waals surface area (Å²) in [5, 5.41) is 5.06. The van der Waals surface area contributed by atoms with Crippen LogP contribution in [-0.2, 0) is 16.1 Å². The first-order valence-electron chi connectivity index (χ1n) is 9.23. The molecule has 2 aromatic heterocycles. The summed E-state index contributed by atoms with van der Waals surface area (Å²) >= 11 is 1.54. The van der Waals surface area contributed by atoms with Crippen molar-refractivity contribution in [3.8, 4) is 11.3 Å². The highest BCUT2D eigenvalue weighted by molar-refractivity contribution is 7.07. The number of furan rings is 1. The van der Waals surface area contributed by atoms with E-state index in [1.807, 2.05) is 42.6 Å². The van der Waals surface area contributed by atoms with Crippen molar-refractivity contribution >= 4 is 17.2 Å². The summed E-state index contributed by atoms with van der Waals surface area (Å²) in [5.74, 6) is 1.47. The maximum Gasteiger partial charge on any atom is 0.251 e. The lowest BCUT2D eigenvalue weighted by molar-refractivity contribution is -0.0742. The van der Waals surface area contributed by atoms with Gasteiger partial charge in [-0.15, -0.1) is 11.3 Å². The van der Waals surface area contributed by atoms with Gasteiger partial charge in [0.2, 0.25) is 0 Å². The van der Waals surface area contributed by atoms with Gasteiger partial charge in [-0.25, -0.2) is 4.98 Å². The number of amides is 1. The molecule has 3 heterocycles. The molecule has 6 nitrogen and oxygen atoms in total. The van der Waals surface area contributed by atoms with Crippen LogP contribution >= 0.6 is 11.3 Å². The molecule has 7 heteroatoms. The molecule has 0 aliphatic carbocycles. The molecule has 146 valence electrons. The number of hydrogen-bond acceptors (Lipinski definition) is 6. The lowest BCUT2D eigenvalue weighted by Crippen LogP contribution is -2.49. The van der Waals surface area contributed by atoms with E-state index >= 15 is 0 Å². The molecule has 28 heavy (non-hydrogen) atoms. The molecular weight excluding hydrogens is 376 g/mol. The Hall–Kier alpha value is -2.48. The van der Waals surface area contributed by atoms with Crippen LogP contribution in [0.15, 0.2) is 51.7 Å². The third kappa shape index (κ3) is 4.49. The molecule has 0 bridgehead atoms. The lowest BCUT2D eigenvalue weighted by atomic mass is 10.0. The number of thiazole rings is 1. The summed E-state index contributed by atoms with van der Waals surface area (Å²) in [7, 11) is 0. The molecule has 1 aromatic carbocycles. The predicted octanol–water partition coefficient (Wildman–Crippen LogP) is 3.82. The highest BCUT2D eigenvalue weighted by atomic mass is 32.1. The first-order chi connectivity index (χ1) is 13.7. The first-order valence-corrected chi connectivity index (χ1v) is 10.2. The molecule has 0 radical (unpaired) electrons. The van der Waals surface area contributed by atoms with E-state index in [1.165, 1.54) is 11.3 Å². The van der Waals surface area contributed by atoms with Crippen LogP contribution in [0.4, 0.5) is 0 Å². The highest BCUT2D eigenvalue weighted by Crippen LogP contribution is 2.23. The Morgan fingerprint density at radius 2 is 2.29 bits per heavy atom. The fourth-order valence-electron chi connectivity index (χ4n) is 3.20. The van der Waals surface area contributed by atoms with Gasteiger partial charge in [-0.2, -0.15) is 0 Å². The Morgan fingerprint density at radius 3 is 3.07 bits per heavy atom. The molecule has 1 saturated heterocycles. The third-order valence-corrected chi connectivity index (χ3v) is 5.33. The number of ether oxygens (including phenoxy) is 2. The van der Waals surface area contributed by atoms with Gasteiger partial charge in [-0.1, -0.05) is 12.1 Å². The molecule has 0 spiro atoms. The first kappa shape index (κ1) is 18.9.